The summed E-state index contributed by atoms with van der Waals surface area (Å²) in [4.78, 5) is 9.21. The minimum absolute atomic E-state index is 0.0476. The molecule has 3 atom stereocenters. The molecule has 3 aliphatic heterocycles. The van der Waals surface area contributed by atoms with E-state index in [1.54, 1.807) is 4.57 Å². The molecule has 2 saturated heterocycles. The molecule has 1 aromatic heterocycles. The highest BCUT2D eigenvalue weighted by atomic mass is 16.6. The van der Waals surface area contributed by atoms with E-state index in [-0.39, 0.29) is 23.9 Å². The monoisotopic (exact) mass is 455 g/mol. The summed E-state index contributed by atoms with van der Waals surface area (Å²) in [5.74, 6) is 0.578. The third-order valence-corrected chi connectivity index (χ3v) is 6.65. The van der Waals surface area contributed by atoms with Crippen LogP contribution < -0.4 is 15.7 Å². The van der Waals surface area contributed by atoms with Crippen LogP contribution in [0.3, 0.4) is 0 Å². The van der Waals surface area contributed by atoms with Gasteiger partial charge < -0.3 is 14.4 Å². The zero-order chi connectivity index (χ0) is 23.1. The van der Waals surface area contributed by atoms with Crippen molar-refractivity contribution < 1.29 is 14.7 Å². The lowest BCUT2D eigenvalue weighted by atomic mass is 10.1. The summed E-state index contributed by atoms with van der Waals surface area (Å²) in [5.41, 5.74) is 2.57. The first-order valence-corrected chi connectivity index (χ1v) is 11.6. The Morgan fingerprint density at radius 2 is 1.88 bits per heavy atom. The number of hydrogen-bond acceptors (Lipinski definition) is 9. The predicted molar refractivity (Wildman–Crippen MR) is 124 cm³/mol. The van der Waals surface area contributed by atoms with Gasteiger partial charge in [0.2, 0.25) is 5.62 Å². The van der Waals surface area contributed by atoms with Gasteiger partial charge in [-0.3, -0.25) is 20.1 Å². The Morgan fingerprint density at radius 1 is 1.15 bits per heavy atom. The molecule has 0 aliphatic carbocycles. The highest BCUT2D eigenvalue weighted by Gasteiger charge is 2.37. The highest BCUT2D eigenvalue weighted by Crippen LogP contribution is 2.40. The molecule has 0 saturated carbocycles. The number of likely N-dealkylation sites (N-methyl/N-ethyl adjacent to an activating group) is 1. The fourth-order valence-corrected chi connectivity index (χ4v) is 5.00. The Balaban J connectivity index is 1.58. The average Bonchev–Trinajstić information content (AvgIpc) is 3.12. The van der Waals surface area contributed by atoms with Crippen molar-refractivity contribution in [1.29, 1.82) is 5.41 Å². The van der Waals surface area contributed by atoms with Crippen molar-refractivity contribution in [2.45, 2.75) is 38.8 Å². The Bertz CT molecular complexity index is 1040. The van der Waals surface area contributed by atoms with Crippen LogP contribution in [-0.4, -0.2) is 89.4 Å². The van der Waals surface area contributed by atoms with E-state index in [2.05, 4.69) is 30.7 Å². The number of nitrogens with one attached hydrogen (secondary N) is 1. The van der Waals surface area contributed by atoms with Crippen LogP contribution in [0.2, 0.25) is 0 Å². The number of hydrazine groups is 1. The zero-order valence-corrected chi connectivity index (χ0v) is 19.5. The Morgan fingerprint density at radius 3 is 2.58 bits per heavy atom. The SMILES string of the molecule is CC1CN(c2c(-c3ccccc3)nc(=N)n3c2N(O)N(C[C@H]2COCCN2C)C3)CC(C)O1. The quantitative estimate of drug-likeness (QED) is 0.714. The Hall–Kier alpha value is -2.50. The third-order valence-electron chi connectivity index (χ3n) is 6.65. The maximum atomic E-state index is 11.4. The summed E-state index contributed by atoms with van der Waals surface area (Å²) in [6, 6.07) is 10.1. The third kappa shape index (κ3) is 4.24. The number of anilines is 2. The first-order valence-electron chi connectivity index (χ1n) is 11.6. The molecule has 2 unspecified atom stereocenters. The molecule has 5 rings (SSSR count). The van der Waals surface area contributed by atoms with E-state index < -0.39 is 0 Å². The van der Waals surface area contributed by atoms with Crippen molar-refractivity contribution in [3.05, 3.63) is 36.0 Å². The van der Waals surface area contributed by atoms with Crippen LogP contribution in [0.5, 0.6) is 0 Å². The minimum atomic E-state index is 0.0476. The Labute approximate surface area is 194 Å². The van der Waals surface area contributed by atoms with Gasteiger partial charge in [0.05, 0.1) is 25.4 Å². The van der Waals surface area contributed by atoms with E-state index in [0.29, 0.717) is 44.4 Å². The topological polar surface area (TPSA) is 93.3 Å². The van der Waals surface area contributed by atoms with Crippen LogP contribution >= 0.6 is 0 Å². The van der Waals surface area contributed by atoms with Crippen molar-refractivity contribution in [2.75, 3.05) is 56.5 Å². The molecule has 3 aliphatic rings. The zero-order valence-electron chi connectivity index (χ0n) is 19.5. The lowest BCUT2D eigenvalue weighted by Gasteiger charge is -2.39. The van der Waals surface area contributed by atoms with Crippen molar-refractivity contribution in [2.24, 2.45) is 0 Å². The minimum Gasteiger partial charge on any atom is -0.378 e. The first kappa shape index (κ1) is 22.3. The van der Waals surface area contributed by atoms with E-state index in [1.165, 1.54) is 5.17 Å². The van der Waals surface area contributed by atoms with Gasteiger partial charge in [-0.1, -0.05) is 30.3 Å². The summed E-state index contributed by atoms with van der Waals surface area (Å²) in [6.45, 7) is 8.65. The molecule has 0 amide bonds. The molecule has 0 bridgehead atoms. The van der Waals surface area contributed by atoms with Gasteiger partial charge in [0.15, 0.2) is 5.82 Å². The van der Waals surface area contributed by atoms with Gasteiger partial charge in [-0.15, -0.1) is 0 Å². The molecule has 2 aromatic rings. The maximum absolute atomic E-state index is 11.4. The maximum Gasteiger partial charge on any atom is 0.225 e. The second-order valence-electron chi connectivity index (χ2n) is 9.24. The Kier molecular flexibility index (Phi) is 6.11. The molecular weight excluding hydrogens is 422 g/mol. The average molecular weight is 456 g/mol. The van der Waals surface area contributed by atoms with Gasteiger partial charge in [0.1, 0.15) is 18.1 Å². The van der Waals surface area contributed by atoms with E-state index in [4.69, 9.17) is 19.9 Å². The van der Waals surface area contributed by atoms with E-state index in [0.717, 1.165) is 24.4 Å². The van der Waals surface area contributed by atoms with Crippen LogP contribution in [0, 0.1) is 5.41 Å². The molecule has 178 valence electrons. The van der Waals surface area contributed by atoms with Crippen LogP contribution in [-0.2, 0) is 16.1 Å². The van der Waals surface area contributed by atoms with Gasteiger partial charge in [-0.05, 0) is 20.9 Å². The molecular formula is C23H33N7O3. The fourth-order valence-electron chi connectivity index (χ4n) is 5.00. The van der Waals surface area contributed by atoms with Gasteiger partial charge in [0.25, 0.3) is 0 Å². The number of fused-ring (bicyclic) bond motifs is 1. The molecule has 0 radical (unpaired) electrons. The molecule has 4 heterocycles. The van der Waals surface area contributed by atoms with Crippen molar-refractivity contribution in [3.63, 3.8) is 0 Å². The van der Waals surface area contributed by atoms with Crippen molar-refractivity contribution in [3.8, 4) is 11.3 Å². The summed E-state index contributed by atoms with van der Waals surface area (Å²) in [5, 5.41) is 23.2. The molecule has 1 aromatic carbocycles. The number of ether oxygens (including phenoxy) is 2. The molecule has 33 heavy (non-hydrogen) atoms. The molecule has 2 fully saturated rings. The summed E-state index contributed by atoms with van der Waals surface area (Å²) < 4.78 is 13.4. The highest BCUT2D eigenvalue weighted by molar-refractivity contribution is 5.84. The lowest BCUT2D eigenvalue weighted by Crippen LogP contribution is -2.51. The summed E-state index contributed by atoms with van der Waals surface area (Å²) in [7, 11) is 2.08. The number of rotatable bonds is 4. The molecule has 10 heteroatoms. The van der Waals surface area contributed by atoms with Gasteiger partial charge in [-0.25, -0.2) is 4.98 Å². The first-order chi connectivity index (χ1) is 15.9. The van der Waals surface area contributed by atoms with Crippen molar-refractivity contribution >= 4 is 11.5 Å². The van der Waals surface area contributed by atoms with Crippen LogP contribution in [0.15, 0.2) is 30.3 Å². The number of benzene rings is 1. The largest absolute Gasteiger partial charge is 0.378 e. The van der Waals surface area contributed by atoms with Gasteiger partial charge in [0, 0.05) is 37.8 Å². The second kappa shape index (κ2) is 9.03. The molecule has 10 nitrogen and oxygen atoms in total. The van der Waals surface area contributed by atoms with E-state index in [9.17, 15) is 5.21 Å². The molecule has 0 spiro atoms. The van der Waals surface area contributed by atoms with Gasteiger partial charge in [-0.2, -0.15) is 10.2 Å². The number of hydrogen-bond donors (Lipinski definition) is 2. The van der Waals surface area contributed by atoms with E-state index >= 15 is 0 Å². The lowest BCUT2D eigenvalue weighted by molar-refractivity contribution is -0.0270. The number of morpholine rings is 2. The number of aromatic nitrogens is 2. The summed E-state index contributed by atoms with van der Waals surface area (Å²) in [6.07, 6.45) is 0.0952. The van der Waals surface area contributed by atoms with Gasteiger partial charge >= 0.3 is 0 Å². The standard InChI is InChI=1S/C23H33N7O3/c1-16-11-27(12-17(2)33-16)21-20(18-7-5-4-6-8-18)25-23(24)29-15-28(30(31)22(21)29)13-19-14-32-10-9-26(19)3/h4-8,16-17,19,24,31H,9-15H2,1-3H3/t16?,17?,19-/m0/s1. The number of nitrogens with zero attached hydrogens (tertiary/aromatic N) is 6. The smallest absolute Gasteiger partial charge is 0.225 e. The van der Waals surface area contributed by atoms with E-state index in [1.807, 2.05) is 35.3 Å². The normalized spacial score (nSPS) is 26.6. The fraction of sp³-hybridized carbons (Fsp3) is 0.565. The summed E-state index contributed by atoms with van der Waals surface area (Å²) >= 11 is 0. The van der Waals surface area contributed by atoms with Crippen LogP contribution in [0.1, 0.15) is 13.8 Å². The van der Waals surface area contributed by atoms with Crippen LogP contribution in [0.4, 0.5) is 11.5 Å². The molecule has 2 N–H and O–H groups in total. The van der Waals surface area contributed by atoms with Crippen molar-refractivity contribution in [1.82, 2.24) is 19.5 Å². The predicted octanol–water partition coefficient (Wildman–Crippen LogP) is 1.36. The van der Waals surface area contributed by atoms with Crippen LogP contribution in [0.25, 0.3) is 11.3 Å². The second-order valence-corrected chi connectivity index (χ2v) is 9.24.